The molecule has 2 heterocycles. The number of hydrogen-bond donors (Lipinski definition) is 0. The van der Waals surface area contributed by atoms with Crippen LogP contribution in [-0.2, 0) is 13.1 Å². The standard InChI is InChI=1S/C23H25N3O2/c1-2-8-21(9-3-1)26-16-19(13-24-26)15-25(20-6-4-5-7-20)14-18-10-11-22-23(12-18)28-17-27-22/h1-3,8-13,16,20H,4-7,14-15,17H2. The van der Waals surface area contributed by atoms with Crippen molar-refractivity contribution in [3.8, 4) is 17.2 Å². The monoisotopic (exact) mass is 375 g/mol. The Hall–Kier alpha value is -2.79. The lowest BCUT2D eigenvalue weighted by atomic mass is 10.1. The van der Waals surface area contributed by atoms with Crippen molar-refractivity contribution in [1.82, 2.24) is 14.7 Å². The molecule has 0 spiro atoms. The molecule has 5 heteroatoms. The van der Waals surface area contributed by atoms with E-state index in [0.29, 0.717) is 12.8 Å². The van der Waals surface area contributed by atoms with Crippen molar-refractivity contribution >= 4 is 0 Å². The summed E-state index contributed by atoms with van der Waals surface area (Å²) < 4.78 is 13.0. The first-order valence-corrected chi connectivity index (χ1v) is 10.1. The van der Waals surface area contributed by atoms with E-state index in [4.69, 9.17) is 9.47 Å². The van der Waals surface area contributed by atoms with Crippen molar-refractivity contribution in [1.29, 1.82) is 0 Å². The second-order valence-electron chi connectivity index (χ2n) is 7.66. The van der Waals surface area contributed by atoms with Crippen LogP contribution >= 0.6 is 0 Å². The Balaban J connectivity index is 1.35. The average molecular weight is 375 g/mol. The van der Waals surface area contributed by atoms with Crippen LogP contribution in [0.15, 0.2) is 60.9 Å². The number of benzene rings is 2. The summed E-state index contributed by atoms with van der Waals surface area (Å²) in [5.74, 6) is 1.71. The van der Waals surface area contributed by atoms with E-state index >= 15 is 0 Å². The zero-order chi connectivity index (χ0) is 18.8. The summed E-state index contributed by atoms with van der Waals surface area (Å²) in [5.41, 5.74) is 3.61. The first-order valence-electron chi connectivity index (χ1n) is 10.1. The molecule has 1 aromatic heterocycles. The van der Waals surface area contributed by atoms with Crippen molar-refractivity contribution in [2.45, 2.75) is 44.8 Å². The van der Waals surface area contributed by atoms with Gasteiger partial charge >= 0.3 is 0 Å². The molecular weight excluding hydrogens is 350 g/mol. The fraction of sp³-hybridized carbons (Fsp3) is 0.348. The summed E-state index contributed by atoms with van der Waals surface area (Å²) in [6.45, 7) is 2.15. The number of aromatic nitrogens is 2. The minimum absolute atomic E-state index is 0.323. The third-order valence-electron chi connectivity index (χ3n) is 5.71. The molecule has 1 saturated carbocycles. The lowest BCUT2D eigenvalue weighted by Gasteiger charge is -2.28. The van der Waals surface area contributed by atoms with Gasteiger partial charge in [-0.25, -0.2) is 4.68 Å². The SMILES string of the molecule is c1ccc(-n2cc(CN(Cc3ccc4c(c3)OCO4)C3CCCC3)cn2)cc1. The lowest BCUT2D eigenvalue weighted by Crippen LogP contribution is -2.32. The Morgan fingerprint density at radius 1 is 0.929 bits per heavy atom. The zero-order valence-electron chi connectivity index (χ0n) is 16.0. The summed E-state index contributed by atoms with van der Waals surface area (Å²) in [6, 6.07) is 17.2. The number of fused-ring (bicyclic) bond motifs is 1. The Bertz CT molecular complexity index is 932. The molecule has 1 aliphatic carbocycles. The van der Waals surface area contributed by atoms with Crippen LogP contribution in [0.4, 0.5) is 0 Å². The van der Waals surface area contributed by atoms with E-state index in [9.17, 15) is 0 Å². The second kappa shape index (κ2) is 7.68. The molecule has 0 radical (unpaired) electrons. The van der Waals surface area contributed by atoms with E-state index in [1.807, 2.05) is 35.1 Å². The van der Waals surface area contributed by atoms with E-state index < -0.39 is 0 Å². The summed E-state index contributed by atoms with van der Waals surface area (Å²) in [7, 11) is 0. The van der Waals surface area contributed by atoms with Crippen molar-refractivity contribution in [2.24, 2.45) is 0 Å². The molecular formula is C23H25N3O2. The topological polar surface area (TPSA) is 39.5 Å². The van der Waals surface area contributed by atoms with Gasteiger partial charge in [-0.1, -0.05) is 37.1 Å². The summed E-state index contributed by atoms with van der Waals surface area (Å²) >= 11 is 0. The molecule has 5 nitrogen and oxygen atoms in total. The molecule has 0 atom stereocenters. The lowest BCUT2D eigenvalue weighted by molar-refractivity contribution is 0.173. The van der Waals surface area contributed by atoms with E-state index in [1.165, 1.54) is 36.8 Å². The molecule has 1 aliphatic heterocycles. The maximum atomic E-state index is 5.56. The van der Waals surface area contributed by atoms with Gasteiger partial charge in [-0.3, -0.25) is 4.90 Å². The van der Waals surface area contributed by atoms with Crippen LogP contribution < -0.4 is 9.47 Å². The fourth-order valence-corrected chi connectivity index (χ4v) is 4.26. The molecule has 1 fully saturated rings. The molecule has 3 aromatic rings. The van der Waals surface area contributed by atoms with Gasteiger partial charge in [0, 0.05) is 30.9 Å². The third kappa shape index (κ3) is 3.62. The first kappa shape index (κ1) is 17.3. The van der Waals surface area contributed by atoms with Gasteiger partial charge in [0.15, 0.2) is 11.5 Å². The van der Waals surface area contributed by atoms with Gasteiger partial charge in [-0.2, -0.15) is 5.10 Å². The van der Waals surface area contributed by atoms with Crippen LogP contribution in [0.5, 0.6) is 11.5 Å². The molecule has 0 N–H and O–H groups in total. The third-order valence-corrected chi connectivity index (χ3v) is 5.71. The summed E-state index contributed by atoms with van der Waals surface area (Å²) in [4.78, 5) is 2.59. The molecule has 5 rings (SSSR count). The van der Waals surface area contributed by atoms with Crippen molar-refractivity contribution < 1.29 is 9.47 Å². The van der Waals surface area contributed by atoms with Crippen LogP contribution in [0.25, 0.3) is 5.69 Å². The molecule has 0 saturated heterocycles. The van der Waals surface area contributed by atoms with E-state index in [1.54, 1.807) is 0 Å². The predicted octanol–water partition coefficient (Wildman–Crippen LogP) is 4.55. The highest BCUT2D eigenvalue weighted by molar-refractivity contribution is 5.44. The molecule has 0 amide bonds. The second-order valence-corrected chi connectivity index (χ2v) is 7.66. The van der Waals surface area contributed by atoms with Crippen LogP contribution in [-0.4, -0.2) is 27.5 Å². The Labute approximate surface area is 165 Å². The molecule has 0 unspecified atom stereocenters. The van der Waals surface area contributed by atoms with Gasteiger partial charge in [-0.15, -0.1) is 0 Å². The van der Waals surface area contributed by atoms with Crippen LogP contribution in [0, 0.1) is 0 Å². The van der Waals surface area contributed by atoms with E-state index in [0.717, 1.165) is 30.3 Å². The highest BCUT2D eigenvalue weighted by Crippen LogP contribution is 2.34. The highest BCUT2D eigenvalue weighted by atomic mass is 16.7. The zero-order valence-corrected chi connectivity index (χ0v) is 16.0. The first-order chi connectivity index (χ1) is 13.8. The summed E-state index contributed by atoms with van der Waals surface area (Å²) in [5, 5.41) is 4.57. The minimum atomic E-state index is 0.323. The van der Waals surface area contributed by atoms with Crippen LogP contribution in [0.2, 0.25) is 0 Å². The van der Waals surface area contributed by atoms with Gasteiger partial charge < -0.3 is 9.47 Å². The van der Waals surface area contributed by atoms with Crippen molar-refractivity contribution in [3.63, 3.8) is 0 Å². The largest absolute Gasteiger partial charge is 0.454 e. The Morgan fingerprint density at radius 2 is 1.71 bits per heavy atom. The van der Waals surface area contributed by atoms with Gasteiger partial charge in [0.1, 0.15) is 0 Å². The maximum Gasteiger partial charge on any atom is 0.231 e. The summed E-state index contributed by atoms with van der Waals surface area (Å²) in [6.07, 6.45) is 9.34. The van der Waals surface area contributed by atoms with Gasteiger partial charge in [0.2, 0.25) is 6.79 Å². The number of rotatable bonds is 6. The maximum absolute atomic E-state index is 5.56. The van der Waals surface area contributed by atoms with Crippen molar-refractivity contribution in [3.05, 3.63) is 72.1 Å². The highest BCUT2D eigenvalue weighted by Gasteiger charge is 2.24. The number of para-hydroxylation sites is 1. The number of hydrogen-bond acceptors (Lipinski definition) is 4. The molecule has 2 aliphatic rings. The number of nitrogens with zero attached hydrogens (tertiary/aromatic N) is 3. The molecule has 0 bridgehead atoms. The fourth-order valence-electron chi connectivity index (χ4n) is 4.26. The van der Waals surface area contributed by atoms with Crippen molar-refractivity contribution in [2.75, 3.05) is 6.79 Å². The number of ether oxygens (including phenoxy) is 2. The Kier molecular flexibility index (Phi) is 4.75. The van der Waals surface area contributed by atoms with Crippen LogP contribution in [0.3, 0.4) is 0 Å². The van der Waals surface area contributed by atoms with Gasteiger partial charge in [0.05, 0.1) is 11.9 Å². The molecule has 28 heavy (non-hydrogen) atoms. The predicted molar refractivity (Wildman–Crippen MR) is 108 cm³/mol. The molecule has 144 valence electrons. The van der Waals surface area contributed by atoms with E-state index in [-0.39, 0.29) is 0 Å². The minimum Gasteiger partial charge on any atom is -0.454 e. The van der Waals surface area contributed by atoms with E-state index in [2.05, 4.69) is 40.5 Å². The Morgan fingerprint density at radius 3 is 2.57 bits per heavy atom. The van der Waals surface area contributed by atoms with Gasteiger partial charge in [-0.05, 0) is 42.7 Å². The van der Waals surface area contributed by atoms with Gasteiger partial charge in [0.25, 0.3) is 0 Å². The molecule has 2 aromatic carbocycles. The average Bonchev–Trinajstić information content (AvgIpc) is 3.49. The normalized spacial score (nSPS) is 16.2. The quantitative estimate of drug-likeness (QED) is 0.634. The smallest absolute Gasteiger partial charge is 0.231 e. The van der Waals surface area contributed by atoms with Crippen LogP contribution in [0.1, 0.15) is 36.8 Å².